The molecule has 1 aliphatic rings. The monoisotopic (exact) mass is 344 g/mol. The van der Waals surface area contributed by atoms with Gasteiger partial charge in [0.05, 0.1) is 0 Å². The molecule has 0 spiro atoms. The smallest absolute Gasteiger partial charge is 0.316 e. The molecule has 4 nitrogen and oxygen atoms in total. The van der Waals surface area contributed by atoms with Gasteiger partial charge in [-0.15, -0.1) is 0 Å². The summed E-state index contributed by atoms with van der Waals surface area (Å²) in [4.78, 5) is 25.9. The molecule has 0 aromatic heterocycles. The number of likely N-dealkylation sites (N-methyl/N-ethyl adjacent to an activating group) is 1. The molecule has 0 saturated carbocycles. The van der Waals surface area contributed by atoms with Crippen LogP contribution in [0.4, 0.5) is 4.79 Å². The van der Waals surface area contributed by atoms with Gasteiger partial charge in [0.1, 0.15) is 0 Å². The Morgan fingerprint density at radius 1 is 1.00 bits per heavy atom. The predicted molar refractivity (Wildman–Crippen MR) is 82.7 cm³/mol. The van der Waals surface area contributed by atoms with Crippen LogP contribution in [0.1, 0.15) is 11.1 Å². The summed E-state index contributed by atoms with van der Waals surface area (Å²) >= 11 is 3.42. The Bertz CT molecular complexity index is 717. The van der Waals surface area contributed by atoms with Gasteiger partial charge in [0, 0.05) is 11.5 Å². The summed E-state index contributed by atoms with van der Waals surface area (Å²) < 4.78 is 0.854. The SMILES string of the molecule is CN1C(=O)N[C@](c2ccccc2)(c2cccc(Br)c2)C1=O. The first-order chi connectivity index (χ1) is 10.1. The summed E-state index contributed by atoms with van der Waals surface area (Å²) in [6.45, 7) is 0. The number of urea groups is 1. The van der Waals surface area contributed by atoms with E-state index in [1.165, 1.54) is 7.05 Å². The molecule has 1 fully saturated rings. The van der Waals surface area contributed by atoms with Crippen molar-refractivity contribution >= 4 is 27.9 Å². The van der Waals surface area contributed by atoms with Gasteiger partial charge in [-0.25, -0.2) is 4.79 Å². The maximum Gasteiger partial charge on any atom is 0.325 e. The second kappa shape index (κ2) is 5.00. The van der Waals surface area contributed by atoms with E-state index < -0.39 is 11.6 Å². The van der Waals surface area contributed by atoms with Crippen LogP contribution in [0.15, 0.2) is 59.1 Å². The second-order valence-corrected chi connectivity index (χ2v) is 5.84. The quantitative estimate of drug-likeness (QED) is 0.851. The van der Waals surface area contributed by atoms with Crippen LogP contribution < -0.4 is 5.32 Å². The van der Waals surface area contributed by atoms with Gasteiger partial charge < -0.3 is 5.32 Å². The summed E-state index contributed by atoms with van der Waals surface area (Å²) in [6.07, 6.45) is 0. The van der Waals surface area contributed by atoms with Crippen molar-refractivity contribution in [3.05, 3.63) is 70.2 Å². The van der Waals surface area contributed by atoms with Gasteiger partial charge in [0.15, 0.2) is 5.54 Å². The van der Waals surface area contributed by atoms with Gasteiger partial charge in [0.2, 0.25) is 0 Å². The van der Waals surface area contributed by atoms with Gasteiger partial charge in [-0.2, -0.15) is 0 Å². The maximum absolute atomic E-state index is 12.8. The minimum absolute atomic E-state index is 0.281. The zero-order valence-electron chi connectivity index (χ0n) is 11.3. The molecule has 0 radical (unpaired) electrons. The fourth-order valence-electron chi connectivity index (χ4n) is 2.61. The van der Waals surface area contributed by atoms with Crippen LogP contribution in [0.2, 0.25) is 0 Å². The number of hydrogen-bond acceptors (Lipinski definition) is 2. The van der Waals surface area contributed by atoms with E-state index in [-0.39, 0.29) is 5.91 Å². The van der Waals surface area contributed by atoms with E-state index in [0.717, 1.165) is 20.5 Å². The van der Waals surface area contributed by atoms with Crippen LogP contribution in [0.3, 0.4) is 0 Å². The van der Waals surface area contributed by atoms with Crippen LogP contribution >= 0.6 is 15.9 Å². The average Bonchev–Trinajstić information content (AvgIpc) is 2.73. The molecular weight excluding hydrogens is 332 g/mol. The van der Waals surface area contributed by atoms with Crippen molar-refractivity contribution in [1.29, 1.82) is 0 Å². The molecule has 3 amide bonds. The highest BCUT2D eigenvalue weighted by Gasteiger charge is 2.52. The highest BCUT2D eigenvalue weighted by molar-refractivity contribution is 9.10. The number of nitrogens with zero attached hydrogens (tertiary/aromatic N) is 1. The highest BCUT2D eigenvalue weighted by Crippen LogP contribution is 2.36. The Morgan fingerprint density at radius 3 is 2.24 bits per heavy atom. The van der Waals surface area contributed by atoms with Crippen molar-refractivity contribution in [1.82, 2.24) is 10.2 Å². The minimum atomic E-state index is -1.17. The second-order valence-electron chi connectivity index (χ2n) is 4.92. The number of amides is 3. The number of carbonyl (C=O) groups excluding carboxylic acids is 2. The Kier molecular flexibility index (Phi) is 3.29. The lowest BCUT2D eigenvalue weighted by atomic mass is 9.83. The van der Waals surface area contributed by atoms with Crippen molar-refractivity contribution in [3.63, 3.8) is 0 Å². The molecule has 2 aromatic rings. The maximum atomic E-state index is 12.8. The molecule has 0 unspecified atom stereocenters. The number of halogens is 1. The zero-order valence-corrected chi connectivity index (χ0v) is 12.9. The largest absolute Gasteiger partial charge is 0.325 e. The molecule has 1 atom stereocenters. The van der Waals surface area contributed by atoms with E-state index in [1.54, 1.807) is 0 Å². The standard InChI is InChI=1S/C16H13BrN2O2/c1-19-14(20)16(18-15(19)21,11-6-3-2-4-7-11)12-8-5-9-13(17)10-12/h2-10H,1H3,(H,18,21)/t16-/m1/s1. The number of carbonyl (C=O) groups is 2. The van der Waals surface area contributed by atoms with Crippen LogP contribution in [-0.4, -0.2) is 23.9 Å². The lowest BCUT2D eigenvalue weighted by Crippen LogP contribution is -2.44. The van der Waals surface area contributed by atoms with E-state index in [1.807, 2.05) is 54.6 Å². The average molecular weight is 345 g/mol. The molecule has 5 heteroatoms. The highest BCUT2D eigenvalue weighted by atomic mass is 79.9. The number of rotatable bonds is 2. The molecule has 21 heavy (non-hydrogen) atoms. The summed E-state index contributed by atoms with van der Waals surface area (Å²) in [5.74, 6) is -0.281. The van der Waals surface area contributed by atoms with Crippen molar-refractivity contribution in [2.45, 2.75) is 5.54 Å². The van der Waals surface area contributed by atoms with Crippen LogP contribution in [0.25, 0.3) is 0 Å². The normalized spacial score (nSPS) is 21.5. The number of benzene rings is 2. The zero-order chi connectivity index (χ0) is 15.0. The lowest BCUT2D eigenvalue weighted by Gasteiger charge is -2.27. The fourth-order valence-corrected chi connectivity index (χ4v) is 3.01. The van der Waals surface area contributed by atoms with Crippen molar-refractivity contribution in [3.8, 4) is 0 Å². The fraction of sp³-hybridized carbons (Fsp3) is 0.125. The van der Waals surface area contributed by atoms with Gasteiger partial charge >= 0.3 is 6.03 Å². The molecular formula is C16H13BrN2O2. The van der Waals surface area contributed by atoms with Crippen LogP contribution in [0, 0.1) is 0 Å². The van der Waals surface area contributed by atoms with Crippen LogP contribution in [0.5, 0.6) is 0 Å². The molecule has 1 aliphatic heterocycles. The molecule has 106 valence electrons. The first-order valence-electron chi connectivity index (χ1n) is 6.47. The molecule has 1 N–H and O–H groups in total. The molecule has 0 bridgehead atoms. The first-order valence-corrected chi connectivity index (χ1v) is 7.27. The summed E-state index contributed by atoms with van der Waals surface area (Å²) in [6, 6.07) is 16.3. The first kappa shape index (κ1) is 13.8. The summed E-state index contributed by atoms with van der Waals surface area (Å²) in [7, 11) is 1.49. The summed E-state index contributed by atoms with van der Waals surface area (Å²) in [5.41, 5.74) is 0.299. The summed E-state index contributed by atoms with van der Waals surface area (Å²) in [5, 5.41) is 2.84. The third-order valence-electron chi connectivity index (χ3n) is 3.69. The predicted octanol–water partition coefficient (Wildman–Crippen LogP) is 2.87. The van der Waals surface area contributed by atoms with E-state index in [4.69, 9.17) is 0 Å². The van der Waals surface area contributed by atoms with E-state index >= 15 is 0 Å². The third kappa shape index (κ3) is 2.05. The molecule has 3 rings (SSSR count). The van der Waals surface area contributed by atoms with Gasteiger partial charge in [-0.05, 0) is 23.3 Å². The Morgan fingerprint density at radius 2 is 1.67 bits per heavy atom. The van der Waals surface area contributed by atoms with E-state index in [2.05, 4.69) is 21.2 Å². The molecule has 2 aromatic carbocycles. The molecule has 1 heterocycles. The van der Waals surface area contributed by atoms with Crippen molar-refractivity contribution in [2.75, 3.05) is 7.05 Å². The number of imide groups is 1. The van der Waals surface area contributed by atoms with Crippen molar-refractivity contribution < 1.29 is 9.59 Å². The number of hydrogen-bond donors (Lipinski definition) is 1. The van der Waals surface area contributed by atoms with Gasteiger partial charge in [-0.1, -0.05) is 58.4 Å². The van der Waals surface area contributed by atoms with Gasteiger partial charge in [-0.3, -0.25) is 9.69 Å². The topological polar surface area (TPSA) is 49.4 Å². The Labute approximate surface area is 130 Å². The lowest BCUT2D eigenvalue weighted by molar-refractivity contribution is -0.129. The van der Waals surface area contributed by atoms with Crippen molar-refractivity contribution in [2.24, 2.45) is 0 Å². The molecule has 1 saturated heterocycles. The van der Waals surface area contributed by atoms with E-state index in [0.29, 0.717) is 0 Å². The Hall–Kier alpha value is -2.14. The van der Waals surface area contributed by atoms with E-state index in [9.17, 15) is 9.59 Å². The molecule has 0 aliphatic carbocycles. The number of nitrogens with one attached hydrogen (secondary N) is 1. The third-order valence-corrected chi connectivity index (χ3v) is 4.18. The Balaban J connectivity index is 2.27. The van der Waals surface area contributed by atoms with Crippen LogP contribution in [-0.2, 0) is 10.3 Å². The minimum Gasteiger partial charge on any atom is -0.316 e. The van der Waals surface area contributed by atoms with Gasteiger partial charge in [0.25, 0.3) is 5.91 Å².